The van der Waals surface area contributed by atoms with Gasteiger partial charge in [0.05, 0.1) is 12.1 Å². The molecule has 0 bridgehead atoms. The van der Waals surface area contributed by atoms with E-state index < -0.39 is 11.7 Å². The maximum absolute atomic E-state index is 12.8. The largest absolute Gasteiger partial charge is 0.416 e. The summed E-state index contributed by atoms with van der Waals surface area (Å²) < 4.78 is 38.5. The maximum atomic E-state index is 12.8. The molecule has 0 fully saturated rings. The number of nitrogens with one attached hydrogen (secondary N) is 3. The minimum absolute atomic E-state index is 0. The van der Waals surface area contributed by atoms with Crippen LogP contribution in [0.4, 0.5) is 13.2 Å². The zero-order valence-electron chi connectivity index (χ0n) is 16.1. The standard InChI is InChI=1S/C20H23F3N4O.HI/c1-3-25-19(26-12-14-6-4-8-16(10-14)18(28)24-2)27-13-15-7-5-9-17(11-15)20(21,22)23;/h4-11H,3,12-13H2,1-2H3,(H,24,28)(H2,25,26,27);1H. The van der Waals surface area contributed by atoms with Gasteiger partial charge in [-0.25, -0.2) is 4.99 Å². The Hall–Kier alpha value is -2.30. The first-order valence-corrected chi connectivity index (χ1v) is 8.82. The van der Waals surface area contributed by atoms with Crippen LogP contribution in [-0.4, -0.2) is 25.5 Å². The van der Waals surface area contributed by atoms with Crippen LogP contribution in [0.25, 0.3) is 0 Å². The van der Waals surface area contributed by atoms with Gasteiger partial charge in [0.25, 0.3) is 5.91 Å². The Balaban J connectivity index is 0.00000420. The van der Waals surface area contributed by atoms with Crippen LogP contribution in [0.15, 0.2) is 53.5 Å². The Morgan fingerprint density at radius 1 is 1.03 bits per heavy atom. The van der Waals surface area contributed by atoms with Crippen LogP contribution in [0.3, 0.4) is 0 Å². The number of hydrogen-bond acceptors (Lipinski definition) is 2. The van der Waals surface area contributed by atoms with E-state index in [0.29, 0.717) is 30.2 Å². The second-order valence-corrected chi connectivity index (χ2v) is 6.03. The zero-order chi connectivity index (χ0) is 20.6. The molecule has 0 aliphatic rings. The number of guanidine groups is 1. The highest BCUT2D eigenvalue weighted by Gasteiger charge is 2.30. The summed E-state index contributed by atoms with van der Waals surface area (Å²) in [6.07, 6.45) is -4.38. The number of rotatable bonds is 6. The first-order valence-electron chi connectivity index (χ1n) is 8.82. The van der Waals surface area contributed by atoms with Crippen LogP contribution in [0, 0.1) is 0 Å². The molecule has 3 N–H and O–H groups in total. The normalized spacial score (nSPS) is 11.4. The summed E-state index contributed by atoms with van der Waals surface area (Å²) in [5.74, 6) is 0.303. The van der Waals surface area contributed by atoms with Crippen molar-refractivity contribution in [1.82, 2.24) is 16.0 Å². The number of aliphatic imine (C=N–C) groups is 1. The summed E-state index contributed by atoms with van der Waals surface area (Å²) in [4.78, 5) is 16.1. The van der Waals surface area contributed by atoms with Crippen molar-refractivity contribution < 1.29 is 18.0 Å². The third-order valence-electron chi connectivity index (χ3n) is 3.89. The smallest absolute Gasteiger partial charge is 0.357 e. The van der Waals surface area contributed by atoms with Crippen LogP contribution in [0.2, 0.25) is 0 Å². The molecule has 2 aromatic rings. The average Bonchev–Trinajstić information content (AvgIpc) is 2.69. The molecule has 0 spiro atoms. The van der Waals surface area contributed by atoms with Crippen molar-refractivity contribution in [3.05, 3.63) is 70.8 Å². The first-order chi connectivity index (χ1) is 13.3. The van der Waals surface area contributed by atoms with Crippen molar-refractivity contribution in [2.75, 3.05) is 13.6 Å². The summed E-state index contributed by atoms with van der Waals surface area (Å²) in [7, 11) is 1.57. The van der Waals surface area contributed by atoms with Gasteiger partial charge < -0.3 is 16.0 Å². The van der Waals surface area contributed by atoms with Gasteiger partial charge in [-0.1, -0.05) is 24.3 Å². The number of nitrogens with zero attached hydrogens (tertiary/aromatic N) is 1. The predicted molar refractivity (Wildman–Crippen MR) is 118 cm³/mol. The number of benzene rings is 2. The van der Waals surface area contributed by atoms with Gasteiger partial charge >= 0.3 is 6.18 Å². The molecule has 0 aromatic heterocycles. The van der Waals surface area contributed by atoms with Gasteiger partial charge in [0.2, 0.25) is 0 Å². The van der Waals surface area contributed by atoms with E-state index >= 15 is 0 Å². The highest BCUT2D eigenvalue weighted by molar-refractivity contribution is 14.0. The second-order valence-electron chi connectivity index (χ2n) is 6.03. The fourth-order valence-electron chi connectivity index (χ4n) is 2.51. The van der Waals surface area contributed by atoms with Gasteiger partial charge in [0.15, 0.2) is 5.96 Å². The van der Waals surface area contributed by atoms with Crippen LogP contribution < -0.4 is 16.0 Å². The minimum Gasteiger partial charge on any atom is -0.357 e. The lowest BCUT2D eigenvalue weighted by molar-refractivity contribution is -0.137. The van der Waals surface area contributed by atoms with E-state index in [1.54, 1.807) is 31.3 Å². The number of hydrogen-bond donors (Lipinski definition) is 3. The average molecular weight is 520 g/mol. The highest BCUT2D eigenvalue weighted by atomic mass is 127. The molecule has 0 aliphatic carbocycles. The lowest BCUT2D eigenvalue weighted by Crippen LogP contribution is -2.36. The van der Waals surface area contributed by atoms with E-state index in [4.69, 9.17) is 0 Å². The van der Waals surface area contributed by atoms with E-state index in [1.165, 1.54) is 6.07 Å². The number of alkyl halides is 3. The van der Waals surface area contributed by atoms with Gasteiger partial charge in [-0.3, -0.25) is 4.79 Å². The van der Waals surface area contributed by atoms with Crippen LogP contribution in [0.1, 0.15) is 34.0 Å². The molecule has 0 atom stereocenters. The summed E-state index contributed by atoms with van der Waals surface area (Å²) in [6, 6.07) is 12.3. The lowest BCUT2D eigenvalue weighted by atomic mass is 10.1. The Kier molecular flexibility index (Phi) is 9.93. The van der Waals surface area contributed by atoms with Gasteiger partial charge in [0, 0.05) is 25.7 Å². The Morgan fingerprint density at radius 2 is 1.72 bits per heavy atom. The fraction of sp³-hybridized carbons (Fsp3) is 0.300. The molecule has 1 amide bonds. The van der Waals surface area contributed by atoms with E-state index in [2.05, 4.69) is 20.9 Å². The molecule has 0 unspecified atom stereocenters. The molecule has 0 aliphatic heterocycles. The predicted octanol–water partition coefficient (Wildman–Crippen LogP) is 3.94. The number of carbonyl (C=O) groups excluding carboxylic acids is 1. The first kappa shape index (κ1) is 24.7. The van der Waals surface area contributed by atoms with Crippen LogP contribution in [0.5, 0.6) is 0 Å². The summed E-state index contributed by atoms with van der Waals surface area (Å²) in [5, 5.41) is 8.75. The second kappa shape index (κ2) is 11.6. The van der Waals surface area contributed by atoms with Crippen LogP contribution >= 0.6 is 24.0 Å². The Labute approximate surface area is 185 Å². The van der Waals surface area contributed by atoms with E-state index in [9.17, 15) is 18.0 Å². The molecule has 2 aromatic carbocycles. The number of halogens is 4. The maximum Gasteiger partial charge on any atom is 0.416 e. The molecule has 0 radical (unpaired) electrons. The molecular formula is C20H24F3IN4O. The SMILES string of the molecule is CCNC(=NCc1cccc(C(F)(F)F)c1)NCc1cccc(C(=O)NC)c1.I. The Bertz CT molecular complexity index is 840. The van der Waals surface area contributed by atoms with E-state index in [0.717, 1.165) is 17.7 Å². The van der Waals surface area contributed by atoms with E-state index in [-0.39, 0.29) is 36.4 Å². The quantitative estimate of drug-likeness (QED) is 0.307. The van der Waals surface area contributed by atoms with Crippen molar-refractivity contribution in [3.63, 3.8) is 0 Å². The van der Waals surface area contributed by atoms with Gasteiger partial charge in [-0.05, 0) is 42.3 Å². The van der Waals surface area contributed by atoms with Crippen molar-refractivity contribution in [3.8, 4) is 0 Å². The van der Waals surface area contributed by atoms with Gasteiger partial charge in [0.1, 0.15) is 0 Å². The van der Waals surface area contributed by atoms with Crippen LogP contribution in [-0.2, 0) is 19.3 Å². The molecule has 5 nitrogen and oxygen atoms in total. The van der Waals surface area contributed by atoms with E-state index in [1.807, 2.05) is 13.0 Å². The fourth-order valence-corrected chi connectivity index (χ4v) is 2.51. The third-order valence-corrected chi connectivity index (χ3v) is 3.89. The lowest BCUT2D eigenvalue weighted by Gasteiger charge is -2.12. The molecule has 9 heteroatoms. The number of carbonyl (C=O) groups is 1. The highest BCUT2D eigenvalue weighted by Crippen LogP contribution is 2.29. The van der Waals surface area contributed by atoms with Crippen molar-refractivity contribution in [2.24, 2.45) is 4.99 Å². The molecule has 0 heterocycles. The topological polar surface area (TPSA) is 65.5 Å². The molecule has 0 saturated carbocycles. The van der Waals surface area contributed by atoms with Crippen molar-refractivity contribution >= 4 is 35.8 Å². The number of amides is 1. The molecule has 2 rings (SSSR count). The monoisotopic (exact) mass is 520 g/mol. The summed E-state index contributed by atoms with van der Waals surface area (Å²) in [5.41, 5.74) is 1.20. The minimum atomic E-state index is -4.38. The summed E-state index contributed by atoms with van der Waals surface area (Å²) >= 11 is 0. The summed E-state index contributed by atoms with van der Waals surface area (Å²) in [6.45, 7) is 3.02. The Morgan fingerprint density at radius 3 is 2.38 bits per heavy atom. The zero-order valence-corrected chi connectivity index (χ0v) is 18.5. The molecule has 29 heavy (non-hydrogen) atoms. The molecule has 158 valence electrons. The molecular weight excluding hydrogens is 496 g/mol. The van der Waals surface area contributed by atoms with Crippen molar-refractivity contribution in [1.29, 1.82) is 0 Å². The molecule has 0 saturated heterocycles. The third kappa shape index (κ3) is 7.92. The van der Waals surface area contributed by atoms with Crippen molar-refractivity contribution in [2.45, 2.75) is 26.2 Å². The van der Waals surface area contributed by atoms with Gasteiger partial charge in [-0.2, -0.15) is 13.2 Å². The van der Waals surface area contributed by atoms with Gasteiger partial charge in [-0.15, -0.1) is 24.0 Å².